The van der Waals surface area contributed by atoms with Gasteiger partial charge in [-0.1, -0.05) is 0 Å². The number of aliphatic imine (C=N–C) groups is 1. The molecule has 2 aliphatic rings. The third-order valence-electron chi connectivity index (χ3n) is 5.29. The van der Waals surface area contributed by atoms with Gasteiger partial charge in [0.1, 0.15) is 5.82 Å². The van der Waals surface area contributed by atoms with Crippen molar-refractivity contribution in [3.8, 4) is 0 Å². The van der Waals surface area contributed by atoms with E-state index < -0.39 is 0 Å². The van der Waals surface area contributed by atoms with Crippen LogP contribution in [0, 0.1) is 0 Å². The third kappa shape index (κ3) is 4.27. The number of aryl methyl sites for hydroxylation is 2. The molecule has 0 aromatic carbocycles. The maximum atomic E-state index is 4.75. The molecule has 3 heterocycles. The number of guanidine groups is 1. The Morgan fingerprint density at radius 2 is 2.19 bits per heavy atom. The summed E-state index contributed by atoms with van der Waals surface area (Å²) in [4.78, 5) is 4.38. The minimum absolute atomic E-state index is 0. The highest BCUT2D eigenvalue weighted by Gasteiger charge is 2.23. The summed E-state index contributed by atoms with van der Waals surface area (Å²) >= 11 is 0. The summed E-state index contributed by atoms with van der Waals surface area (Å²) in [5.74, 6) is 2.91. The van der Waals surface area contributed by atoms with Gasteiger partial charge in [-0.2, -0.15) is 5.10 Å². The van der Waals surface area contributed by atoms with Crippen LogP contribution in [0.5, 0.6) is 0 Å². The van der Waals surface area contributed by atoms with E-state index in [1.54, 1.807) is 0 Å². The maximum absolute atomic E-state index is 4.75. The Morgan fingerprint density at radius 1 is 1.33 bits per heavy atom. The van der Waals surface area contributed by atoms with Crippen LogP contribution in [0.25, 0.3) is 0 Å². The maximum Gasteiger partial charge on any atom is 0.191 e. The average Bonchev–Trinajstić information content (AvgIpc) is 3.33. The predicted octanol–water partition coefficient (Wildman–Crippen LogP) is 1.84. The topological polar surface area (TPSA) is 85.0 Å². The molecule has 1 aliphatic heterocycles. The summed E-state index contributed by atoms with van der Waals surface area (Å²) in [6.07, 6.45) is 7.50. The van der Waals surface area contributed by atoms with Crippen molar-refractivity contribution in [2.24, 2.45) is 4.99 Å². The second kappa shape index (κ2) is 8.57. The van der Waals surface area contributed by atoms with Crippen molar-refractivity contribution in [2.75, 3.05) is 7.05 Å². The van der Waals surface area contributed by atoms with E-state index in [9.17, 15) is 0 Å². The fourth-order valence-corrected chi connectivity index (χ4v) is 3.79. The quantitative estimate of drug-likeness (QED) is 0.393. The lowest BCUT2D eigenvalue weighted by Crippen LogP contribution is -2.45. The van der Waals surface area contributed by atoms with Crippen molar-refractivity contribution in [1.29, 1.82) is 0 Å². The molecule has 27 heavy (non-hydrogen) atoms. The number of aromatic nitrogens is 5. The van der Waals surface area contributed by atoms with E-state index >= 15 is 0 Å². The first-order valence-corrected chi connectivity index (χ1v) is 9.59. The van der Waals surface area contributed by atoms with Gasteiger partial charge in [0.2, 0.25) is 0 Å². The van der Waals surface area contributed by atoms with Crippen LogP contribution in [-0.2, 0) is 32.4 Å². The van der Waals surface area contributed by atoms with E-state index in [4.69, 9.17) is 5.10 Å². The van der Waals surface area contributed by atoms with Gasteiger partial charge in [0.15, 0.2) is 11.8 Å². The summed E-state index contributed by atoms with van der Waals surface area (Å²) in [7, 11) is 1.81. The molecule has 0 radical (unpaired) electrons. The first kappa shape index (κ1) is 20.1. The highest BCUT2D eigenvalue weighted by atomic mass is 127. The Kier molecular flexibility index (Phi) is 6.38. The van der Waals surface area contributed by atoms with Gasteiger partial charge in [-0.3, -0.25) is 9.67 Å². The van der Waals surface area contributed by atoms with E-state index in [0.29, 0.717) is 18.6 Å². The van der Waals surface area contributed by atoms with Crippen LogP contribution in [0.15, 0.2) is 11.2 Å². The number of hydrogen-bond donors (Lipinski definition) is 2. The summed E-state index contributed by atoms with van der Waals surface area (Å²) in [5, 5.41) is 20.2. The summed E-state index contributed by atoms with van der Waals surface area (Å²) in [6.45, 7) is 6.00. The van der Waals surface area contributed by atoms with E-state index in [2.05, 4.69) is 55.1 Å². The molecule has 0 spiro atoms. The third-order valence-corrected chi connectivity index (χ3v) is 5.29. The fraction of sp³-hybridized carbons (Fsp3) is 0.667. The van der Waals surface area contributed by atoms with Crippen molar-refractivity contribution in [3.63, 3.8) is 0 Å². The van der Waals surface area contributed by atoms with Crippen molar-refractivity contribution >= 4 is 29.9 Å². The second-order valence-electron chi connectivity index (χ2n) is 7.47. The zero-order chi connectivity index (χ0) is 18.1. The van der Waals surface area contributed by atoms with E-state index in [1.807, 2.05) is 7.05 Å². The summed E-state index contributed by atoms with van der Waals surface area (Å²) in [6, 6.07) is 0.764. The lowest BCUT2D eigenvalue weighted by molar-refractivity contribution is 0.498. The summed E-state index contributed by atoms with van der Waals surface area (Å²) < 4.78 is 4.29. The lowest BCUT2D eigenvalue weighted by atomic mass is 9.94. The van der Waals surface area contributed by atoms with Gasteiger partial charge in [-0.25, -0.2) is 0 Å². The molecule has 1 unspecified atom stereocenters. The molecule has 9 heteroatoms. The van der Waals surface area contributed by atoms with Gasteiger partial charge in [0, 0.05) is 44.7 Å². The van der Waals surface area contributed by atoms with Crippen LogP contribution < -0.4 is 10.6 Å². The highest BCUT2D eigenvalue weighted by Crippen LogP contribution is 2.21. The van der Waals surface area contributed by atoms with Crippen LogP contribution >= 0.6 is 24.0 Å². The normalized spacial score (nSPS) is 18.8. The molecule has 8 nitrogen and oxygen atoms in total. The molecular formula is C18H29IN8. The number of hydrogen-bond acceptors (Lipinski definition) is 4. The zero-order valence-electron chi connectivity index (χ0n) is 16.3. The molecule has 1 atom stereocenters. The molecule has 0 amide bonds. The largest absolute Gasteiger partial charge is 0.353 e. The van der Waals surface area contributed by atoms with Crippen molar-refractivity contribution in [1.82, 2.24) is 35.2 Å². The average molecular weight is 484 g/mol. The van der Waals surface area contributed by atoms with E-state index in [-0.39, 0.29) is 24.0 Å². The molecule has 148 valence electrons. The van der Waals surface area contributed by atoms with Gasteiger partial charge in [0.25, 0.3) is 0 Å². The predicted molar refractivity (Wildman–Crippen MR) is 116 cm³/mol. The first-order valence-electron chi connectivity index (χ1n) is 9.59. The molecule has 0 bridgehead atoms. The Bertz CT molecular complexity index is 806. The fourth-order valence-electron chi connectivity index (χ4n) is 3.79. The number of halogens is 1. The Labute approximate surface area is 177 Å². The number of rotatable bonds is 4. The number of nitrogens with one attached hydrogen (secondary N) is 2. The minimum Gasteiger partial charge on any atom is -0.353 e. The molecule has 2 aromatic rings. The molecule has 1 aliphatic carbocycles. The van der Waals surface area contributed by atoms with Crippen LogP contribution in [-0.4, -0.2) is 43.6 Å². The van der Waals surface area contributed by atoms with Crippen molar-refractivity contribution in [3.05, 3.63) is 29.1 Å². The van der Waals surface area contributed by atoms with Gasteiger partial charge in [0.05, 0.1) is 12.2 Å². The van der Waals surface area contributed by atoms with Gasteiger partial charge < -0.3 is 15.2 Å². The zero-order valence-corrected chi connectivity index (χ0v) is 18.6. The first-order chi connectivity index (χ1) is 12.6. The smallest absolute Gasteiger partial charge is 0.191 e. The second-order valence-corrected chi connectivity index (χ2v) is 7.47. The van der Waals surface area contributed by atoms with Crippen LogP contribution in [0.4, 0.5) is 0 Å². The van der Waals surface area contributed by atoms with Gasteiger partial charge in [-0.15, -0.1) is 34.2 Å². The standard InChI is InChI=1S/C18H28N8.HI/c1-12(2)26-11-13-6-7-14(9-15(13)24-26)21-18(19-3)20-10-17-23-22-16-5-4-8-25(16)17;/h11-12,14H,4-10H2,1-3H3,(H2,19,20,21);1H. The lowest BCUT2D eigenvalue weighted by Gasteiger charge is -2.24. The highest BCUT2D eigenvalue weighted by molar-refractivity contribution is 14.0. The molecule has 4 rings (SSSR count). The van der Waals surface area contributed by atoms with Gasteiger partial charge >= 0.3 is 0 Å². The monoisotopic (exact) mass is 484 g/mol. The number of fused-ring (bicyclic) bond motifs is 2. The van der Waals surface area contributed by atoms with E-state index in [0.717, 1.165) is 56.3 Å². The van der Waals surface area contributed by atoms with Crippen LogP contribution in [0.3, 0.4) is 0 Å². The van der Waals surface area contributed by atoms with Gasteiger partial charge in [-0.05, 0) is 38.7 Å². The van der Waals surface area contributed by atoms with Crippen molar-refractivity contribution < 1.29 is 0 Å². The SMILES string of the molecule is CN=C(NCc1nnc2n1CCC2)NC1CCc2cn(C(C)C)nc2C1.I. The molecule has 0 fully saturated rings. The van der Waals surface area contributed by atoms with Crippen LogP contribution in [0.1, 0.15) is 55.6 Å². The Morgan fingerprint density at radius 3 is 2.96 bits per heavy atom. The Balaban J connectivity index is 0.00000210. The molecule has 2 aromatic heterocycles. The Hall–Kier alpha value is -1.65. The molecule has 2 N–H and O–H groups in total. The summed E-state index contributed by atoms with van der Waals surface area (Å²) in [5.41, 5.74) is 2.60. The molecule has 0 saturated carbocycles. The van der Waals surface area contributed by atoms with Crippen LogP contribution in [0.2, 0.25) is 0 Å². The minimum atomic E-state index is 0. The molecule has 0 saturated heterocycles. The molecular weight excluding hydrogens is 455 g/mol. The number of nitrogens with zero attached hydrogens (tertiary/aromatic N) is 6. The van der Waals surface area contributed by atoms with Crippen molar-refractivity contribution in [2.45, 2.75) is 71.1 Å². The van der Waals surface area contributed by atoms with E-state index in [1.165, 1.54) is 11.3 Å².